The van der Waals surface area contributed by atoms with Crippen LogP contribution in [0, 0.1) is 0 Å². The molecule has 0 spiro atoms. The summed E-state index contributed by atoms with van der Waals surface area (Å²) < 4.78 is 0. The minimum absolute atomic E-state index is 0.156. The molecular weight excluding hydrogens is 332 g/mol. The second-order valence-corrected chi connectivity index (χ2v) is 7.81. The van der Waals surface area contributed by atoms with Gasteiger partial charge >= 0.3 is 0 Å². The van der Waals surface area contributed by atoms with Crippen molar-refractivity contribution in [1.82, 2.24) is 4.90 Å². The minimum atomic E-state index is 0.156. The van der Waals surface area contributed by atoms with Crippen LogP contribution in [0.15, 0.2) is 35.7 Å². The van der Waals surface area contributed by atoms with Gasteiger partial charge in [0, 0.05) is 30.1 Å². The fourth-order valence-corrected chi connectivity index (χ4v) is 4.80. The molecule has 2 aromatic rings. The maximum atomic E-state index is 12.8. The van der Waals surface area contributed by atoms with Gasteiger partial charge in [-0.2, -0.15) is 0 Å². The quantitative estimate of drug-likeness (QED) is 0.845. The number of thiophene rings is 1. The van der Waals surface area contributed by atoms with E-state index in [-0.39, 0.29) is 17.9 Å². The molecule has 1 atom stereocenters. The topological polar surface area (TPSA) is 40.6 Å². The van der Waals surface area contributed by atoms with E-state index in [1.54, 1.807) is 11.3 Å². The number of fused-ring (bicyclic) bond motifs is 1. The number of carbonyl (C=O) groups is 2. The zero-order chi connectivity index (χ0) is 17.4. The molecule has 1 aromatic heterocycles. The summed E-state index contributed by atoms with van der Waals surface area (Å²) in [5.41, 5.74) is 3.24. The molecule has 1 aromatic carbocycles. The number of carbonyl (C=O) groups excluding carboxylic acids is 2. The van der Waals surface area contributed by atoms with Crippen LogP contribution in [0.2, 0.25) is 0 Å². The Balaban J connectivity index is 1.44. The molecule has 25 heavy (non-hydrogen) atoms. The summed E-state index contributed by atoms with van der Waals surface area (Å²) in [7, 11) is 0. The van der Waals surface area contributed by atoms with Crippen molar-refractivity contribution in [2.45, 2.75) is 38.6 Å². The van der Waals surface area contributed by atoms with Gasteiger partial charge in [-0.25, -0.2) is 0 Å². The third-order valence-electron chi connectivity index (χ3n) is 5.27. The highest BCUT2D eigenvalue weighted by atomic mass is 32.1. The number of anilines is 1. The van der Waals surface area contributed by atoms with E-state index in [2.05, 4.69) is 18.4 Å². The van der Waals surface area contributed by atoms with Gasteiger partial charge in [0.25, 0.3) is 0 Å². The van der Waals surface area contributed by atoms with Crippen molar-refractivity contribution in [2.24, 2.45) is 0 Å². The first-order valence-electron chi connectivity index (χ1n) is 8.88. The molecule has 2 aliphatic heterocycles. The number of benzene rings is 1. The lowest BCUT2D eigenvalue weighted by atomic mass is 10.0. The lowest BCUT2D eigenvalue weighted by molar-refractivity contribution is -0.133. The zero-order valence-electron chi connectivity index (χ0n) is 14.4. The van der Waals surface area contributed by atoms with E-state index >= 15 is 0 Å². The van der Waals surface area contributed by atoms with Crippen molar-refractivity contribution in [2.75, 3.05) is 18.0 Å². The third kappa shape index (κ3) is 3.09. The van der Waals surface area contributed by atoms with Crippen LogP contribution in [0.25, 0.3) is 0 Å². The van der Waals surface area contributed by atoms with Crippen LogP contribution in [0.5, 0.6) is 0 Å². The number of amides is 2. The van der Waals surface area contributed by atoms with Crippen LogP contribution in [0.1, 0.15) is 41.8 Å². The van der Waals surface area contributed by atoms with Crippen LogP contribution in [-0.4, -0.2) is 29.8 Å². The highest BCUT2D eigenvalue weighted by Gasteiger charge is 2.28. The van der Waals surface area contributed by atoms with Gasteiger partial charge in [0.15, 0.2) is 0 Å². The van der Waals surface area contributed by atoms with Crippen molar-refractivity contribution in [3.63, 3.8) is 0 Å². The van der Waals surface area contributed by atoms with Crippen LogP contribution in [0.3, 0.4) is 0 Å². The normalized spacial score (nSPS) is 20.0. The smallest absolute Gasteiger partial charge is 0.227 e. The maximum absolute atomic E-state index is 12.8. The van der Waals surface area contributed by atoms with Crippen LogP contribution in [0.4, 0.5) is 5.69 Å². The largest absolute Gasteiger partial charge is 0.335 e. The highest BCUT2D eigenvalue weighted by molar-refractivity contribution is 7.10. The molecule has 0 N–H and O–H groups in total. The summed E-state index contributed by atoms with van der Waals surface area (Å²) in [6.07, 6.45) is 2.94. The summed E-state index contributed by atoms with van der Waals surface area (Å²) in [4.78, 5) is 29.8. The molecule has 1 saturated heterocycles. The second-order valence-electron chi connectivity index (χ2n) is 6.80. The van der Waals surface area contributed by atoms with E-state index in [0.29, 0.717) is 12.8 Å². The Morgan fingerprint density at radius 1 is 1.16 bits per heavy atom. The Hall–Kier alpha value is -2.14. The van der Waals surface area contributed by atoms with Gasteiger partial charge in [-0.3, -0.25) is 9.59 Å². The SMILES string of the molecule is C[C@@H]1c2ccsc2CCN1C(=O)Cc1ccc(N2CCCC2=O)cc1. The molecule has 0 radical (unpaired) electrons. The zero-order valence-corrected chi connectivity index (χ0v) is 15.2. The molecule has 3 heterocycles. The Labute approximate surface area is 152 Å². The molecule has 1 fully saturated rings. The summed E-state index contributed by atoms with van der Waals surface area (Å²) in [5.74, 6) is 0.367. The summed E-state index contributed by atoms with van der Waals surface area (Å²) in [5, 5.41) is 2.12. The molecule has 4 nitrogen and oxygen atoms in total. The Morgan fingerprint density at radius 3 is 2.68 bits per heavy atom. The second kappa shape index (κ2) is 6.64. The molecule has 0 unspecified atom stereocenters. The van der Waals surface area contributed by atoms with Crippen molar-refractivity contribution in [3.05, 3.63) is 51.7 Å². The van der Waals surface area contributed by atoms with E-state index in [0.717, 1.165) is 37.2 Å². The lowest BCUT2D eigenvalue weighted by Crippen LogP contribution is -2.39. The van der Waals surface area contributed by atoms with Crippen molar-refractivity contribution < 1.29 is 9.59 Å². The Kier molecular flexibility index (Phi) is 4.34. The molecule has 4 rings (SSSR count). The molecule has 0 saturated carbocycles. The van der Waals surface area contributed by atoms with Gasteiger partial charge < -0.3 is 9.80 Å². The van der Waals surface area contributed by atoms with Gasteiger partial charge in [-0.1, -0.05) is 12.1 Å². The van der Waals surface area contributed by atoms with Crippen molar-refractivity contribution in [3.8, 4) is 0 Å². The molecule has 2 aliphatic rings. The minimum Gasteiger partial charge on any atom is -0.335 e. The summed E-state index contributed by atoms with van der Waals surface area (Å²) >= 11 is 1.79. The van der Waals surface area contributed by atoms with Crippen molar-refractivity contribution >= 4 is 28.8 Å². The van der Waals surface area contributed by atoms with E-state index in [1.807, 2.05) is 34.1 Å². The summed E-state index contributed by atoms with van der Waals surface area (Å²) in [6.45, 7) is 3.71. The molecule has 0 bridgehead atoms. The first kappa shape index (κ1) is 16.3. The number of rotatable bonds is 3. The lowest BCUT2D eigenvalue weighted by Gasteiger charge is -2.33. The first-order chi connectivity index (χ1) is 12.1. The van der Waals surface area contributed by atoms with Gasteiger partial charge in [0.05, 0.1) is 12.5 Å². The van der Waals surface area contributed by atoms with E-state index in [4.69, 9.17) is 0 Å². The Bertz CT molecular complexity index is 796. The average molecular weight is 354 g/mol. The van der Waals surface area contributed by atoms with E-state index in [1.165, 1.54) is 10.4 Å². The fraction of sp³-hybridized carbons (Fsp3) is 0.400. The predicted molar refractivity (Wildman–Crippen MR) is 99.9 cm³/mol. The van der Waals surface area contributed by atoms with E-state index in [9.17, 15) is 9.59 Å². The van der Waals surface area contributed by atoms with Gasteiger partial charge in [0.1, 0.15) is 0 Å². The third-order valence-corrected chi connectivity index (χ3v) is 6.27. The number of hydrogen-bond acceptors (Lipinski definition) is 3. The first-order valence-corrected chi connectivity index (χ1v) is 9.76. The van der Waals surface area contributed by atoms with Gasteiger partial charge in [-0.15, -0.1) is 11.3 Å². The van der Waals surface area contributed by atoms with Crippen LogP contribution >= 0.6 is 11.3 Å². The van der Waals surface area contributed by atoms with Gasteiger partial charge in [-0.05, 0) is 54.5 Å². The molecule has 5 heteroatoms. The molecule has 2 amide bonds. The van der Waals surface area contributed by atoms with Crippen molar-refractivity contribution in [1.29, 1.82) is 0 Å². The van der Waals surface area contributed by atoms with Crippen LogP contribution in [-0.2, 0) is 22.4 Å². The predicted octanol–water partition coefficient (Wildman–Crippen LogP) is 3.56. The molecular formula is C20H22N2O2S. The van der Waals surface area contributed by atoms with E-state index < -0.39 is 0 Å². The monoisotopic (exact) mass is 354 g/mol. The standard InChI is InChI=1S/C20H22N2O2S/c1-14-17-9-12-25-18(17)8-11-21(14)20(24)13-15-4-6-16(7-5-15)22-10-2-3-19(22)23/h4-7,9,12,14H,2-3,8,10-11,13H2,1H3/t14-/m1/s1. The number of hydrogen-bond donors (Lipinski definition) is 0. The summed E-state index contributed by atoms with van der Waals surface area (Å²) in [6, 6.07) is 10.2. The van der Waals surface area contributed by atoms with Gasteiger partial charge in [0.2, 0.25) is 11.8 Å². The molecule has 130 valence electrons. The number of nitrogens with zero attached hydrogens (tertiary/aromatic N) is 2. The van der Waals surface area contributed by atoms with Crippen LogP contribution < -0.4 is 4.90 Å². The average Bonchev–Trinajstić information content (AvgIpc) is 3.25. The molecule has 0 aliphatic carbocycles. The Morgan fingerprint density at radius 2 is 1.96 bits per heavy atom. The fourth-order valence-electron chi connectivity index (χ4n) is 3.84. The maximum Gasteiger partial charge on any atom is 0.227 e. The highest BCUT2D eigenvalue weighted by Crippen LogP contribution is 2.33.